The van der Waals surface area contributed by atoms with Crippen LogP contribution in [0.15, 0.2) is 48.5 Å². The Kier molecular flexibility index (Phi) is 6.11. The summed E-state index contributed by atoms with van der Waals surface area (Å²) >= 11 is 0. The van der Waals surface area contributed by atoms with E-state index in [-0.39, 0.29) is 30.0 Å². The summed E-state index contributed by atoms with van der Waals surface area (Å²) in [6.45, 7) is 1.45. The molecule has 2 heterocycles. The molecule has 0 aromatic heterocycles. The molecule has 2 aromatic carbocycles. The van der Waals surface area contributed by atoms with E-state index in [4.69, 9.17) is 4.74 Å². The Hall–Kier alpha value is -2.38. The molecular formula is C23H28N2O4S. The van der Waals surface area contributed by atoms with Crippen molar-refractivity contribution in [3.05, 3.63) is 59.7 Å². The summed E-state index contributed by atoms with van der Waals surface area (Å²) in [5, 5.41) is 0. The first kappa shape index (κ1) is 20.9. The van der Waals surface area contributed by atoms with E-state index in [9.17, 15) is 13.2 Å². The minimum absolute atomic E-state index is 0.0277. The van der Waals surface area contributed by atoms with Crippen molar-refractivity contribution in [1.29, 1.82) is 0 Å². The normalized spacial score (nSPS) is 20.2. The number of sulfone groups is 1. The highest BCUT2D eigenvalue weighted by Gasteiger charge is 2.34. The van der Waals surface area contributed by atoms with Crippen molar-refractivity contribution in [1.82, 2.24) is 4.90 Å². The second kappa shape index (κ2) is 8.78. The number of nitrogens with zero attached hydrogens (tertiary/aromatic N) is 2. The number of benzene rings is 2. The van der Waals surface area contributed by atoms with Crippen molar-refractivity contribution >= 4 is 21.4 Å². The first-order valence-electron chi connectivity index (χ1n) is 10.4. The lowest BCUT2D eigenvalue weighted by Gasteiger charge is -2.33. The third kappa shape index (κ3) is 4.68. The highest BCUT2D eigenvalue weighted by atomic mass is 32.2. The quantitative estimate of drug-likeness (QED) is 0.708. The molecule has 6 nitrogen and oxygen atoms in total. The van der Waals surface area contributed by atoms with Crippen molar-refractivity contribution in [3.8, 4) is 5.75 Å². The van der Waals surface area contributed by atoms with Crippen molar-refractivity contribution in [2.45, 2.75) is 31.8 Å². The van der Waals surface area contributed by atoms with E-state index in [0.29, 0.717) is 19.5 Å². The number of carbonyl (C=O) groups excluding carboxylic acids is 1. The van der Waals surface area contributed by atoms with E-state index in [1.54, 1.807) is 7.11 Å². The number of amides is 1. The molecule has 1 fully saturated rings. The van der Waals surface area contributed by atoms with Crippen LogP contribution in [0.3, 0.4) is 0 Å². The Bertz CT molecular complexity index is 1000. The van der Waals surface area contributed by atoms with Crippen LogP contribution in [0.1, 0.15) is 24.0 Å². The largest absolute Gasteiger partial charge is 0.497 e. The van der Waals surface area contributed by atoms with Crippen LogP contribution in [0.4, 0.5) is 5.69 Å². The maximum Gasteiger partial charge on any atom is 0.241 e. The van der Waals surface area contributed by atoms with Crippen LogP contribution in [0.2, 0.25) is 0 Å². The Morgan fingerprint density at radius 3 is 2.63 bits per heavy atom. The summed E-state index contributed by atoms with van der Waals surface area (Å²) in [6.07, 6.45) is 2.50. The highest BCUT2D eigenvalue weighted by molar-refractivity contribution is 7.91. The third-order valence-corrected chi connectivity index (χ3v) is 7.77. The van der Waals surface area contributed by atoms with E-state index in [2.05, 4.69) is 6.07 Å². The summed E-state index contributed by atoms with van der Waals surface area (Å²) in [5.74, 6) is 1.11. The van der Waals surface area contributed by atoms with Crippen LogP contribution in [0.5, 0.6) is 5.75 Å². The zero-order valence-corrected chi connectivity index (χ0v) is 18.1. The summed E-state index contributed by atoms with van der Waals surface area (Å²) in [7, 11) is -1.41. The van der Waals surface area contributed by atoms with Gasteiger partial charge in [-0.25, -0.2) is 8.42 Å². The van der Waals surface area contributed by atoms with Crippen LogP contribution < -0.4 is 9.64 Å². The number of para-hydroxylation sites is 1. The molecule has 2 aromatic rings. The molecule has 0 saturated carbocycles. The van der Waals surface area contributed by atoms with Gasteiger partial charge in [0.25, 0.3) is 0 Å². The maximum absolute atomic E-state index is 13.3. The Morgan fingerprint density at radius 2 is 1.93 bits per heavy atom. The highest BCUT2D eigenvalue weighted by Crippen LogP contribution is 2.28. The van der Waals surface area contributed by atoms with Gasteiger partial charge in [-0.1, -0.05) is 30.3 Å². The Balaban J connectivity index is 1.54. The topological polar surface area (TPSA) is 66.9 Å². The van der Waals surface area contributed by atoms with Crippen LogP contribution in [0.25, 0.3) is 0 Å². The molecule has 1 atom stereocenters. The van der Waals surface area contributed by atoms with Crippen molar-refractivity contribution < 1.29 is 17.9 Å². The molecule has 0 radical (unpaired) electrons. The molecule has 0 bridgehead atoms. The molecule has 0 unspecified atom stereocenters. The zero-order chi connectivity index (χ0) is 21.1. The average Bonchev–Trinajstić information content (AvgIpc) is 3.13. The van der Waals surface area contributed by atoms with Crippen LogP contribution >= 0.6 is 0 Å². The number of hydrogen-bond acceptors (Lipinski definition) is 5. The predicted molar refractivity (Wildman–Crippen MR) is 118 cm³/mol. The standard InChI is InChI=1S/C23H28N2O4S/c1-29-21-10-8-18(9-11-21)15-24(20-12-14-30(27,28)17-20)16-23(26)25-13-4-6-19-5-2-3-7-22(19)25/h2-3,5,7-11,20H,4,6,12-17H2,1H3/t20-/m1/s1. The van der Waals surface area contributed by atoms with Gasteiger partial charge in [0.05, 0.1) is 25.2 Å². The van der Waals surface area contributed by atoms with Crippen LogP contribution in [0, 0.1) is 0 Å². The minimum Gasteiger partial charge on any atom is -0.497 e. The first-order chi connectivity index (χ1) is 14.4. The molecule has 7 heteroatoms. The Labute approximate surface area is 178 Å². The SMILES string of the molecule is COc1ccc(CN(CC(=O)N2CCCc3ccccc32)[C@@H]2CCS(=O)(=O)C2)cc1. The molecule has 160 valence electrons. The lowest BCUT2D eigenvalue weighted by atomic mass is 10.0. The fourth-order valence-electron chi connectivity index (χ4n) is 4.39. The summed E-state index contributed by atoms with van der Waals surface area (Å²) in [5.41, 5.74) is 3.21. The number of anilines is 1. The van der Waals surface area contributed by atoms with E-state index >= 15 is 0 Å². The van der Waals surface area contributed by atoms with Gasteiger partial charge in [0, 0.05) is 24.8 Å². The van der Waals surface area contributed by atoms with Gasteiger partial charge in [0.15, 0.2) is 9.84 Å². The van der Waals surface area contributed by atoms with Crippen LogP contribution in [-0.2, 0) is 27.6 Å². The number of ether oxygens (including phenoxy) is 1. The number of rotatable bonds is 6. The zero-order valence-electron chi connectivity index (χ0n) is 17.3. The molecule has 1 saturated heterocycles. The van der Waals surface area contributed by atoms with Gasteiger partial charge in [-0.2, -0.15) is 0 Å². The molecule has 2 aliphatic rings. The average molecular weight is 429 g/mol. The van der Waals surface area contributed by atoms with Crippen LogP contribution in [-0.4, -0.2) is 57.0 Å². The van der Waals surface area contributed by atoms with E-state index in [0.717, 1.165) is 29.8 Å². The molecule has 0 aliphatic carbocycles. The number of fused-ring (bicyclic) bond motifs is 1. The number of aryl methyl sites for hydroxylation is 1. The summed E-state index contributed by atoms with van der Waals surface area (Å²) in [6, 6.07) is 15.6. The minimum atomic E-state index is -3.04. The molecular weight excluding hydrogens is 400 g/mol. The second-order valence-corrected chi connectivity index (χ2v) is 10.3. The molecule has 4 rings (SSSR count). The van der Waals surface area contributed by atoms with E-state index < -0.39 is 9.84 Å². The number of carbonyl (C=O) groups is 1. The Morgan fingerprint density at radius 1 is 1.17 bits per heavy atom. The predicted octanol–water partition coefficient (Wildman–Crippen LogP) is 2.66. The lowest BCUT2D eigenvalue weighted by Crippen LogP contribution is -2.46. The fourth-order valence-corrected chi connectivity index (χ4v) is 6.16. The molecule has 0 N–H and O–H groups in total. The second-order valence-electron chi connectivity index (χ2n) is 8.09. The first-order valence-corrected chi connectivity index (χ1v) is 12.2. The molecule has 2 aliphatic heterocycles. The van der Waals surface area contributed by atoms with E-state index in [1.807, 2.05) is 52.3 Å². The molecule has 0 spiro atoms. The monoisotopic (exact) mass is 428 g/mol. The number of hydrogen-bond donors (Lipinski definition) is 0. The smallest absolute Gasteiger partial charge is 0.241 e. The number of methoxy groups -OCH3 is 1. The van der Waals surface area contributed by atoms with Crippen molar-refractivity contribution in [3.63, 3.8) is 0 Å². The summed E-state index contributed by atoms with van der Waals surface area (Å²) in [4.78, 5) is 17.2. The van der Waals surface area contributed by atoms with E-state index in [1.165, 1.54) is 5.56 Å². The van der Waals surface area contributed by atoms with Gasteiger partial charge in [0.1, 0.15) is 5.75 Å². The van der Waals surface area contributed by atoms with Gasteiger partial charge in [-0.05, 0) is 48.6 Å². The third-order valence-electron chi connectivity index (χ3n) is 6.02. The van der Waals surface area contributed by atoms with Gasteiger partial charge < -0.3 is 9.64 Å². The van der Waals surface area contributed by atoms with Gasteiger partial charge in [0.2, 0.25) is 5.91 Å². The molecule has 1 amide bonds. The van der Waals surface area contributed by atoms with Gasteiger partial charge >= 0.3 is 0 Å². The van der Waals surface area contributed by atoms with Gasteiger partial charge in [-0.15, -0.1) is 0 Å². The maximum atomic E-state index is 13.3. The summed E-state index contributed by atoms with van der Waals surface area (Å²) < 4.78 is 29.4. The lowest BCUT2D eigenvalue weighted by molar-refractivity contribution is -0.120. The molecule has 30 heavy (non-hydrogen) atoms. The van der Waals surface area contributed by atoms with Crippen molar-refractivity contribution in [2.24, 2.45) is 0 Å². The van der Waals surface area contributed by atoms with Gasteiger partial charge in [-0.3, -0.25) is 9.69 Å². The van der Waals surface area contributed by atoms with Crippen molar-refractivity contribution in [2.75, 3.05) is 36.6 Å². The fraction of sp³-hybridized carbons (Fsp3) is 0.435.